The average molecular weight is 603 g/mol. The molecule has 43 heavy (non-hydrogen) atoms. The van der Waals surface area contributed by atoms with Crippen LogP contribution in [-0.2, 0) is 27.2 Å². The Bertz CT molecular complexity index is 1190. The molecular weight excluding hydrogens is 556 g/mol. The van der Waals surface area contributed by atoms with E-state index in [1.54, 1.807) is 72.9 Å². The number of hydrazine groups is 1. The summed E-state index contributed by atoms with van der Waals surface area (Å²) in [5.41, 5.74) is 2.92. The van der Waals surface area contributed by atoms with Gasteiger partial charge < -0.3 is 35.1 Å². The molecule has 0 heterocycles. The molecule has 2 aromatic carbocycles. The van der Waals surface area contributed by atoms with Gasteiger partial charge in [-0.25, -0.2) is 14.6 Å². The molecular formula is C31H46N4O8. The summed E-state index contributed by atoms with van der Waals surface area (Å²) in [7, 11) is 2.77. The number of alkyl carbamates (subject to hydrolysis) is 2. The van der Waals surface area contributed by atoms with Gasteiger partial charge in [0.05, 0.1) is 26.4 Å². The summed E-state index contributed by atoms with van der Waals surface area (Å²) in [6.45, 7) is 10.6. The zero-order valence-electron chi connectivity index (χ0n) is 26.3. The molecule has 0 aliphatic rings. The van der Waals surface area contributed by atoms with E-state index in [-0.39, 0.29) is 25.3 Å². The minimum absolute atomic E-state index is 0.0792. The van der Waals surface area contributed by atoms with Crippen molar-refractivity contribution in [3.05, 3.63) is 59.7 Å². The van der Waals surface area contributed by atoms with Crippen LogP contribution in [0.3, 0.4) is 0 Å². The first-order chi connectivity index (χ1) is 20.0. The Labute approximate surface area is 253 Å². The highest BCUT2D eigenvalue weighted by atomic mass is 16.6. The third-order valence-electron chi connectivity index (χ3n) is 6.34. The average Bonchev–Trinajstić information content (AvgIpc) is 2.91. The Balaban J connectivity index is 2.36. The van der Waals surface area contributed by atoms with Crippen LogP contribution in [0.4, 0.5) is 9.59 Å². The Morgan fingerprint density at radius 2 is 1.44 bits per heavy atom. The van der Waals surface area contributed by atoms with E-state index in [0.717, 1.165) is 11.1 Å². The predicted octanol–water partition coefficient (Wildman–Crippen LogP) is 3.50. The van der Waals surface area contributed by atoms with Crippen molar-refractivity contribution in [2.75, 3.05) is 20.8 Å². The topological polar surface area (TPSA) is 159 Å². The van der Waals surface area contributed by atoms with Gasteiger partial charge in [-0.15, -0.1) is 0 Å². The van der Waals surface area contributed by atoms with Crippen LogP contribution in [-0.4, -0.2) is 77.9 Å². The van der Waals surface area contributed by atoms with Crippen LogP contribution in [0.5, 0.6) is 11.5 Å². The first-order valence-corrected chi connectivity index (χ1v) is 14.0. The number of carbonyl (C=O) groups is 3. The Morgan fingerprint density at radius 1 is 0.860 bits per heavy atom. The molecule has 238 valence electrons. The van der Waals surface area contributed by atoms with Gasteiger partial charge in [0.1, 0.15) is 23.1 Å². The molecule has 2 rings (SSSR count). The number of benzene rings is 2. The lowest BCUT2D eigenvalue weighted by molar-refractivity contribution is -0.131. The fourth-order valence-corrected chi connectivity index (χ4v) is 4.15. The molecule has 0 aliphatic heterocycles. The van der Waals surface area contributed by atoms with Crippen LogP contribution < -0.4 is 20.8 Å². The number of aliphatic hydroxyl groups is 1. The van der Waals surface area contributed by atoms with E-state index >= 15 is 0 Å². The standard InChI is InChI=1S/C31H46N4O8/c1-30(2,3)26(33-28(39)42-8)27(38)34-35(18-21-9-13-22(36)14-10-21)19-25(37)24(32-29(40)43-31(4,5)6)17-20-11-15-23(41-7)16-12-20/h9-16,24-26,36-37H,17-19H2,1-8H3,(H,32,40)(H,33,39)(H,34,38)/t24-,25-,26?/m0/s1. The number of phenols is 1. The molecule has 5 N–H and O–H groups in total. The van der Waals surface area contributed by atoms with Gasteiger partial charge in [0.2, 0.25) is 0 Å². The minimum Gasteiger partial charge on any atom is -0.508 e. The number of nitrogens with zero attached hydrogens (tertiary/aromatic N) is 1. The lowest BCUT2D eigenvalue weighted by Crippen LogP contribution is -2.59. The third kappa shape index (κ3) is 12.4. The molecule has 0 bridgehead atoms. The van der Waals surface area contributed by atoms with Crippen molar-refractivity contribution in [2.24, 2.45) is 5.41 Å². The lowest BCUT2D eigenvalue weighted by atomic mass is 9.86. The molecule has 0 spiro atoms. The first kappa shape index (κ1) is 35.2. The highest BCUT2D eigenvalue weighted by Crippen LogP contribution is 2.21. The number of aliphatic hydroxyl groups excluding tert-OH is 1. The van der Waals surface area contributed by atoms with Gasteiger partial charge in [-0.05, 0) is 68.0 Å². The number of nitrogens with one attached hydrogen (secondary N) is 3. The third-order valence-corrected chi connectivity index (χ3v) is 6.34. The van der Waals surface area contributed by atoms with Crippen LogP contribution in [0.25, 0.3) is 0 Å². The smallest absolute Gasteiger partial charge is 0.407 e. The van der Waals surface area contributed by atoms with E-state index < -0.39 is 47.3 Å². The maximum absolute atomic E-state index is 13.5. The highest BCUT2D eigenvalue weighted by molar-refractivity contribution is 5.86. The van der Waals surface area contributed by atoms with E-state index in [0.29, 0.717) is 5.75 Å². The van der Waals surface area contributed by atoms with E-state index in [9.17, 15) is 24.6 Å². The summed E-state index contributed by atoms with van der Waals surface area (Å²) in [5.74, 6) is 0.212. The largest absolute Gasteiger partial charge is 0.508 e. The molecule has 12 heteroatoms. The van der Waals surface area contributed by atoms with Crippen molar-refractivity contribution in [2.45, 2.75) is 78.3 Å². The van der Waals surface area contributed by atoms with Gasteiger partial charge in [0.15, 0.2) is 0 Å². The summed E-state index contributed by atoms with van der Waals surface area (Å²) >= 11 is 0. The van der Waals surface area contributed by atoms with Crippen LogP contribution in [0.1, 0.15) is 52.7 Å². The van der Waals surface area contributed by atoms with Crippen molar-refractivity contribution >= 4 is 18.1 Å². The van der Waals surface area contributed by atoms with E-state index in [2.05, 4.69) is 16.1 Å². The van der Waals surface area contributed by atoms with Gasteiger partial charge in [-0.3, -0.25) is 10.2 Å². The summed E-state index contributed by atoms with van der Waals surface area (Å²) < 4.78 is 15.4. The molecule has 0 aromatic heterocycles. The zero-order valence-corrected chi connectivity index (χ0v) is 26.3. The molecule has 0 aliphatic carbocycles. The van der Waals surface area contributed by atoms with Gasteiger partial charge in [0.25, 0.3) is 5.91 Å². The lowest BCUT2D eigenvalue weighted by Gasteiger charge is -2.34. The van der Waals surface area contributed by atoms with Crippen molar-refractivity contribution in [1.29, 1.82) is 0 Å². The predicted molar refractivity (Wildman–Crippen MR) is 161 cm³/mol. The molecule has 0 saturated heterocycles. The molecule has 1 unspecified atom stereocenters. The monoisotopic (exact) mass is 602 g/mol. The summed E-state index contributed by atoms with van der Waals surface area (Å²) in [5, 5.41) is 28.1. The number of aromatic hydroxyl groups is 1. The van der Waals surface area contributed by atoms with E-state index in [1.807, 2.05) is 12.1 Å². The molecule has 0 radical (unpaired) electrons. The highest BCUT2D eigenvalue weighted by Gasteiger charge is 2.35. The number of methoxy groups -OCH3 is 2. The molecule has 0 saturated carbocycles. The number of carbonyl (C=O) groups excluding carboxylic acids is 3. The number of hydrogen-bond acceptors (Lipinski definition) is 9. The summed E-state index contributed by atoms with van der Waals surface area (Å²) in [6, 6.07) is 11.8. The number of phenolic OH excluding ortho intramolecular Hbond substituents is 1. The Hall–Kier alpha value is -4.03. The second kappa shape index (κ2) is 15.4. The quantitative estimate of drug-likeness (QED) is 0.229. The van der Waals surface area contributed by atoms with Gasteiger partial charge in [-0.1, -0.05) is 45.0 Å². The molecule has 3 amide bonds. The van der Waals surface area contributed by atoms with Crippen LogP contribution in [0.15, 0.2) is 48.5 Å². The molecule has 12 nitrogen and oxygen atoms in total. The van der Waals surface area contributed by atoms with Crippen molar-refractivity contribution in [3.8, 4) is 11.5 Å². The van der Waals surface area contributed by atoms with Crippen LogP contribution in [0, 0.1) is 5.41 Å². The van der Waals surface area contributed by atoms with Crippen molar-refractivity contribution < 1.29 is 38.8 Å². The number of ether oxygens (including phenoxy) is 3. The Morgan fingerprint density at radius 3 is 1.95 bits per heavy atom. The maximum Gasteiger partial charge on any atom is 0.407 e. The SMILES string of the molecule is COC(=O)NC(C(=O)NN(Cc1ccc(O)cc1)C[C@H](O)[C@H](Cc1ccc(OC)cc1)NC(=O)OC(C)(C)C)C(C)(C)C. The summed E-state index contributed by atoms with van der Waals surface area (Å²) in [6.07, 6.45) is -2.40. The number of hydrogen-bond donors (Lipinski definition) is 5. The molecule has 2 aromatic rings. The van der Waals surface area contributed by atoms with Gasteiger partial charge >= 0.3 is 12.2 Å². The Kier molecular flexibility index (Phi) is 12.6. The second-order valence-corrected chi connectivity index (χ2v) is 12.3. The summed E-state index contributed by atoms with van der Waals surface area (Å²) in [4.78, 5) is 38.3. The van der Waals surface area contributed by atoms with Gasteiger partial charge in [-0.2, -0.15) is 0 Å². The minimum atomic E-state index is -1.19. The number of rotatable bonds is 12. The maximum atomic E-state index is 13.5. The first-order valence-electron chi connectivity index (χ1n) is 14.0. The molecule has 3 atom stereocenters. The van der Waals surface area contributed by atoms with Crippen molar-refractivity contribution in [1.82, 2.24) is 21.1 Å². The van der Waals surface area contributed by atoms with Crippen molar-refractivity contribution in [3.63, 3.8) is 0 Å². The second-order valence-electron chi connectivity index (χ2n) is 12.3. The van der Waals surface area contributed by atoms with E-state index in [1.165, 1.54) is 24.3 Å². The normalized spacial score (nSPS) is 13.8. The van der Waals surface area contributed by atoms with Crippen LogP contribution in [0.2, 0.25) is 0 Å². The number of amides is 3. The van der Waals surface area contributed by atoms with Crippen LogP contribution >= 0.6 is 0 Å². The fourth-order valence-electron chi connectivity index (χ4n) is 4.15. The molecule has 0 fully saturated rings. The zero-order chi connectivity index (χ0) is 32.4. The fraction of sp³-hybridized carbons (Fsp3) is 0.516. The van der Waals surface area contributed by atoms with E-state index in [4.69, 9.17) is 14.2 Å². The van der Waals surface area contributed by atoms with Gasteiger partial charge in [0, 0.05) is 13.1 Å².